The standard InChI is InChI=1S/C20H21N3O4S/c1-13-18(20(26)23(22(13)3)15-8-5-4-6-9-15)21-19(25)14(2)27-17(24)12-16-10-7-11-28-16/h4-11,14H,12H2,1-3H3,(H,21,25). The van der Waals surface area contributed by atoms with Gasteiger partial charge in [-0.15, -0.1) is 11.3 Å². The first kappa shape index (κ1) is 19.6. The van der Waals surface area contributed by atoms with Crippen molar-refractivity contribution in [3.63, 3.8) is 0 Å². The molecule has 8 heteroatoms. The second kappa shape index (κ2) is 8.26. The van der Waals surface area contributed by atoms with E-state index in [2.05, 4.69) is 5.32 Å². The van der Waals surface area contributed by atoms with E-state index in [1.165, 1.54) is 22.9 Å². The highest BCUT2D eigenvalue weighted by Gasteiger charge is 2.23. The molecule has 1 atom stereocenters. The number of benzene rings is 1. The van der Waals surface area contributed by atoms with Crippen LogP contribution >= 0.6 is 11.3 Å². The fraction of sp³-hybridized carbons (Fsp3) is 0.250. The van der Waals surface area contributed by atoms with Gasteiger partial charge in [0.2, 0.25) is 0 Å². The Morgan fingerprint density at radius 2 is 1.89 bits per heavy atom. The van der Waals surface area contributed by atoms with Crippen LogP contribution in [0.4, 0.5) is 5.69 Å². The van der Waals surface area contributed by atoms with Crippen LogP contribution in [0.25, 0.3) is 5.69 Å². The van der Waals surface area contributed by atoms with E-state index >= 15 is 0 Å². The number of esters is 1. The molecule has 0 spiro atoms. The van der Waals surface area contributed by atoms with E-state index in [0.717, 1.165) is 4.88 Å². The first-order valence-electron chi connectivity index (χ1n) is 8.75. The van der Waals surface area contributed by atoms with Crippen molar-refractivity contribution in [3.8, 4) is 5.69 Å². The van der Waals surface area contributed by atoms with Crippen molar-refractivity contribution >= 4 is 28.9 Å². The molecule has 1 aromatic carbocycles. The molecule has 0 saturated carbocycles. The van der Waals surface area contributed by atoms with E-state index < -0.39 is 18.0 Å². The maximum absolute atomic E-state index is 12.8. The summed E-state index contributed by atoms with van der Waals surface area (Å²) < 4.78 is 8.34. The molecule has 1 unspecified atom stereocenters. The minimum atomic E-state index is -1.02. The lowest BCUT2D eigenvalue weighted by molar-refractivity contribution is -0.152. The summed E-state index contributed by atoms with van der Waals surface area (Å²) in [4.78, 5) is 38.1. The Morgan fingerprint density at radius 1 is 1.18 bits per heavy atom. The number of amides is 1. The smallest absolute Gasteiger partial charge is 0.311 e. The molecule has 0 saturated heterocycles. The lowest BCUT2D eigenvalue weighted by Gasteiger charge is -2.12. The molecular formula is C20H21N3O4S. The Balaban J connectivity index is 1.73. The van der Waals surface area contributed by atoms with E-state index in [-0.39, 0.29) is 17.7 Å². The largest absolute Gasteiger partial charge is 0.452 e. The van der Waals surface area contributed by atoms with E-state index in [9.17, 15) is 14.4 Å². The van der Waals surface area contributed by atoms with Crippen molar-refractivity contribution in [2.45, 2.75) is 26.4 Å². The minimum Gasteiger partial charge on any atom is -0.452 e. The van der Waals surface area contributed by atoms with Crippen LogP contribution in [0.2, 0.25) is 0 Å². The summed E-state index contributed by atoms with van der Waals surface area (Å²) in [6, 6.07) is 12.8. The highest BCUT2D eigenvalue weighted by Crippen LogP contribution is 2.15. The van der Waals surface area contributed by atoms with Crippen molar-refractivity contribution in [3.05, 3.63) is 68.8 Å². The third-order valence-electron chi connectivity index (χ3n) is 4.38. The zero-order chi connectivity index (χ0) is 20.3. The molecule has 146 valence electrons. The number of carbonyl (C=O) groups is 2. The van der Waals surface area contributed by atoms with Gasteiger partial charge in [0, 0.05) is 11.9 Å². The van der Waals surface area contributed by atoms with Gasteiger partial charge in [-0.2, -0.15) is 0 Å². The van der Waals surface area contributed by atoms with Crippen LogP contribution in [0.3, 0.4) is 0 Å². The average Bonchev–Trinajstić information content (AvgIpc) is 3.25. The topological polar surface area (TPSA) is 82.3 Å². The van der Waals surface area contributed by atoms with E-state index in [1.807, 2.05) is 35.7 Å². The van der Waals surface area contributed by atoms with Crippen molar-refractivity contribution in [2.24, 2.45) is 7.05 Å². The Kier molecular flexibility index (Phi) is 5.79. The predicted octanol–water partition coefficient (Wildman–Crippen LogP) is 2.66. The number of thiophene rings is 1. The molecule has 2 heterocycles. The zero-order valence-corrected chi connectivity index (χ0v) is 16.7. The summed E-state index contributed by atoms with van der Waals surface area (Å²) in [6.07, 6.45) is -0.905. The second-order valence-corrected chi connectivity index (χ2v) is 7.35. The van der Waals surface area contributed by atoms with E-state index in [0.29, 0.717) is 11.4 Å². The molecule has 0 aliphatic heterocycles. The molecule has 0 radical (unpaired) electrons. The maximum Gasteiger partial charge on any atom is 0.311 e. The van der Waals surface area contributed by atoms with E-state index in [4.69, 9.17) is 4.74 Å². The highest BCUT2D eigenvalue weighted by molar-refractivity contribution is 7.10. The van der Waals surface area contributed by atoms with Crippen LogP contribution in [0.5, 0.6) is 0 Å². The maximum atomic E-state index is 12.8. The minimum absolute atomic E-state index is 0.112. The third-order valence-corrected chi connectivity index (χ3v) is 5.25. The van der Waals surface area contributed by atoms with Gasteiger partial charge in [0.25, 0.3) is 11.5 Å². The Labute approximate surface area is 166 Å². The quantitative estimate of drug-likeness (QED) is 0.646. The number of aromatic nitrogens is 2. The molecule has 28 heavy (non-hydrogen) atoms. The number of para-hydroxylation sites is 1. The van der Waals surface area contributed by atoms with Crippen LogP contribution in [0, 0.1) is 6.92 Å². The normalized spacial score (nSPS) is 11.8. The number of nitrogens with zero attached hydrogens (tertiary/aromatic N) is 2. The van der Waals surface area contributed by atoms with Gasteiger partial charge < -0.3 is 10.1 Å². The van der Waals surface area contributed by atoms with Crippen molar-refractivity contribution < 1.29 is 14.3 Å². The molecule has 7 nitrogen and oxygen atoms in total. The van der Waals surface area contributed by atoms with Crippen molar-refractivity contribution in [1.82, 2.24) is 9.36 Å². The molecule has 3 aromatic rings. The SMILES string of the molecule is Cc1c(NC(=O)C(C)OC(=O)Cc2cccs2)c(=O)n(-c2ccccc2)n1C. The van der Waals surface area contributed by atoms with Gasteiger partial charge in [0.1, 0.15) is 5.69 Å². The Hall–Kier alpha value is -3.13. The molecular weight excluding hydrogens is 378 g/mol. The summed E-state index contributed by atoms with van der Waals surface area (Å²) in [5.74, 6) is -1.04. The lowest BCUT2D eigenvalue weighted by atomic mass is 10.3. The molecule has 1 amide bonds. The summed E-state index contributed by atoms with van der Waals surface area (Å²) in [5.41, 5.74) is 1.10. The molecule has 0 fully saturated rings. The monoisotopic (exact) mass is 399 g/mol. The first-order chi connectivity index (χ1) is 13.4. The molecule has 0 aliphatic carbocycles. The van der Waals surface area contributed by atoms with Gasteiger partial charge in [0.05, 0.1) is 17.8 Å². The van der Waals surface area contributed by atoms with Gasteiger partial charge in [0.15, 0.2) is 6.10 Å². The van der Waals surface area contributed by atoms with Gasteiger partial charge in [-0.3, -0.25) is 19.1 Å². The molecule has 0 aliphatic rings. The van der Waals surface area contributed by atoms with Gasteiger partial charge in [-0.05, 0) is 37.4 Å². The number of nitrogens with one attached hydrogen (secondary N) is 1. The Bertz CT molecular complexity index is 1040. The fourth-order valence-electron chi connectivity index (χ4n) is 2.78. The third kappa shape index (κ3) is 4.07. The predicted molar refractivity (Wildman–Crippen MR) is 108 cm³/mol. The second-order valence-electron chi connectivity index (χ2n) is 6.31. The number of carbonyl (C=O) groups excluding carboxylic acids is 2. The van der Waals surface area contributed by atoms with Crippen molar-refractivity contribution in [1.29, 1.82) is 0 Å². The summed E-state index contributed by atoms with van der Waals surface area (Å²) in [7, 11) is 1.74. The molecule has 0 bridgehead atoms. The molecule has 3 rings (SSSR count). The lowest BCUT2D eigenvalue weighted by Crippen LogP contribution is -2.32. The number of anilines is 1. The molecule has 1 N–H and O–H groups in total. The average molecular weight is 399 g/mol. The molecule has 2 aromatic heterocycles. The summed E-state index contributed by atoms with van der Waals surface area (Å²) in [5, 5.41) is 4.48. The summed E-state index contributed by atoms with van der Waals surface area (Å²) >= 11 is 1.45. The number of ether oxygens (including phenoxy) is 1. The van der Waals surface area contributed by atoms with E-state index in [1.54, 1.807) is 30.8 Å². The van der Waals surface area contributed by atoms with Crippen LogP contribution < -0.4 is 10.9 Å². The van der Waals surface area contributed by atoms with Gasteiger partial charge in [-0.1, -0.05) is 24.3 Å². The number of hydrogen-bond donors (Lipinski definition) is 1. The first-order valence-corrected chi connectivity index (χ1v) is 9.63. The number of rotatable bonds is 6. The zero-order valence-electron chi connectivity index (χ0n) is 15.8. The number of hydrogen-bond acceptors (Lipinski definition) is 5. The van der Waals surface area contributed by atoms with Gasteiger partial charge >= 0.3 is 5.97 Å². The van der Waals surface area contributed by atoms with Gasteiger partial charge in [-0.25, -0.2) is 4.68 Å². The van der Waals surface area contributed by atoms with Crippen molar-refractivity contribution in [2.75, 3.05) is 5.32 Å². The van der Waals surface area contributed by atoms with Crippen LogP contribution in [-0.2, 0) is 27.8 Å². The van der Waals surface area contributed by atoms with Crippen LogP contribution in [0.15, 0.2) is 52.6 Å². The fourth-order valence-corrected chi connectivity index (χ4v) is 3.48. The highest BCUT2D eigenvalue weighted by atomic mass is 32.1. The van der Waals surface area contributed by atoms with Crippen LogP contribution in [-0.4, -0.2) is 27.3 Å². The van der Waals surface area contributed by atoms with Crippen LogP contribution in [0.1, 0.15) is 17.5 Å². The summed E-state index contributed by atoms with van der Waals surface area (Å²) in [6.45, 7) is 3.22. The Morgan fingerprint density at radius 3 is 2.54 bits per heavy atom.